The van der Waals surface area contributed by atoms with E-state index in [1.807, 2.05) is 19.9 Å². The topological polar surface area (TPSA) is 141 Å². The molecule has 1 unspecified atom stereocenters. The van der Waals surface area contributed by atoms with Crippen molar-refractivity contribution in [2.45, 2.75) is 19.6 Å². The molecule has 3 aromatic rings. The van der Waals surface area contributed by atoms with Gasteiger partial charge in [-0.1, -0.05) is 0 Å². The molecule has 1 aliphatic rings. The predicted octanol–water partition coefficient (Wildman–Crippen LogP) is 2.00. The molecule has 10 heteroatoms. The number of oxazole rings is 1. The molecular weight excluding hydrogens is 414 g/mol. The van der Waals surface area contributed by atoms with Crippen molar-refractivity contribution in [3.05, 3.63) is 63.8 Å². The second-order valence-electron chi connectivity index (χ2n) is 7.42. The van der Waals surface area contributed by atoms with E-state index in [0.717, 1.165) is 11.1 Å². The highest BCUT2D eigenvalue weighted by Crippen LogP contribution is 2.29. The monoisotopic (exact) mass is 437 g/mol. The van der Waals surface area contributed by atoms with Crippen molar-refractivity contribution in [3.8, 4) is 5.75 Å². The van der Waals surface area contributed by atoms with Crippen molar-refractivity contribution in [2.75, 3.05) is 24.4 Å². The number of hydrogen-bond donors (Lipinski definition) is 5. The minimum absolute atomic E-state index is 0.226. The van der Waals surface area contributed by atoms with Gasteiger partial charge in [0.2, 0.25) is 0 Å². The number of H-pyrrole nitrogens is 1. The van der Waals surface area contributed by atoms with E-state index < -0.39 is 17.5 Å². The van der Waals surface area contributed by atoms with Gasteiger partial charge in [-0.15, -0.1) is 0 Å². The average molecular weight is 437 g/mol. The first-order chi connectivity index (χ1) is 15.3. The van der Waals surface area contributed by atoms with Crippen LogP contribution in [0.15, 0.2) is 56.3 Å². The number of aliphatic hydroxyl groups excluding tert-OH is 1. The first-order valence-corrected chi connectivity index (χ1v) is 9.84. The van der Waals surface area contributed by atoms with Gasteiger partial charge in [0.15, 0.2) is 5.58 Å². The molecule has 0 saturated carbocycles. The number of aromatic amines is 1. The Morgan fingerprint density at radius 2 is 2.06 bits per heavy atom. The number of aliphatic hydroxyl groups is 1. The van der Waals surface area contributed by atoms with Crippen molar-refractivity contribution in [1.29, 1.82) is 0 Å². The molecule has 5 N–H and O–H groups in total. The lowest BCUT2D eigenvalue weighted by atomic mass is 10.1. The fourth-order valence-electron chi connectivity index (χ4n) is 3.36. The van der Waals surface area contributed by atoms with E-state index in [4.69, 9.17) is 9.15 Å². The summed E-state index contributed by atoms with van der Waals surface area (Å²) in [6, 6.07) is 8.45. The van der Waals surface area contributed by atoms with E-state index in [1.54, 1.807) is 31.4 Å². The van der Waals surface area contributed by atoms with E-state index in [-0.39, 0.29) is 6.61 Å². The highest BCUT2D eigenvalue weighted by Gasteiger charge is 2.39. The molecule has 4 rings (SSSR count). The van der Waals surface area contributed by atoms with Gasteiger partial charge >= 0.3 is 5.76 Å². The minimum atomic E-state index is -1.59. The summed E-state index contributed by atoms with van der Waals surface area (Å²) < 4.78 is 10.4. The summed E-state index contributed by atoms with van der Waals surface area (Å²) in [5, 5.41) is 18.3. The number of fused-ring (bicyclic) bond motifs is 1. The Morgan fingerprint density at radius 1 is 1.25 bits per heavy atom. The molecule has 2 aromatic carbocycles. The average Bonchev–Trinajstić information content (AvgIpc) is 3.15. The van der Waals surface area contributed by atoms with Crippen molar-refractivity contribution in [3.63, 3.8) is 0 Å². The number of ether oxygens (including phenoxy) is 1. The van der Waals surface area contributed by atoms with Crippen molar-refractivity contribution in [1.82, 2.24) is 10.3 Å². The van der Waals surface area contributed by atoms with Gasteiger partial charge in [-0.05, 0) is 49.2 Å². The molecule has 0 fully saturated rings. The van der Waals surface area contributed by atoms with Gasteiger partial charge in [0.25, 0.3) is 11.7 Å². The van der Waals surface area contributed by atoms with Gasteiger partial charge < -0.3 is 30.2 Å². The molecule has 32 heavy (non-hydrogen) atoms. The quantitative estimate of drug-likeness (QED) is 0.397. The number of aromatic nitrogens is 1. The zero-order chi connectivity index (χ0) is 22.9. The summed E-state index contributed by atoms with van der Waals surface area (Å²) in [5.74, 6) is -2.01. The van der Waals surface area contributed by atoms with Crippen LogP contribution in [-0.2, 0) is 4.79 Å². The fourth-order valence-corrected chi connectivity index (χ4v) is 3.36. The lowest BCUT2D eigenvalue weighted by Gasteiger charge is -2.33. The molecule has 1 amide bonds. The number of benzene rings is 2. The third-order valence-electron chi connectivity index (χ3n) is 5.24. The van der Waals surface area contributed by atoms with Gasteiger partial charge in [0, 0.05) is 35.4 Å². The second-order valence-corrected chi connectivity index (χ2v) is 7.42. The molecule has 10 nitrogen and oxygen atoms in total. The van der Waals surface area contributed by atoms with Crippen LogP contribution in [0, 0.1) is 13.8 Å². The van der Waals surface area contributed by atoms with E-state index in [1.165, 1.54) is 12.4 Å². The molecule has 2 heterocycles. The molecule has 1 aliphatic heterocycles. The number of nitrogens with one attached hydrogen (secondary N) is 4. The first-order valence-electron chi connectivity index (χ1n) is 9.84. The van der Waals surface area contributed by atoms with Crippen LogP contribution in [0.1, 0.15) is 11.1 Å². The molecule has 166 valence electrons. The van der Waals surface area contributed by atoms with E-state index in [0.29, 0.717) is 33.8 Å². The molecule has 0 bridgehead atoms. The molecule has 1 atom stereocenters. The number of anilines is 2. The highest BCUT2D eigenvalue weighted by molar-refractivity contribution is 6.02. The molecule has 0 spiro atoms. The second kappa shape index (κ2) is 8.23. The number of methoxy groups -OCH3 is 1. The van der Waals surface area contributed by atoms with Gasteiger partial charge in [-0.2, -0.15) is 0 Å². The zero-order valence-corrected chi connectivity index (χ0v) is 17.8. The summed E-state index contributed by atoms with van der Waals surface area (Å²) in [7, 11) is 1.58. The number of amides is 1. The number of aliphatic imine (C=N–C) groups is 1. The Morgan fingerprint density at radius 3 is 2.75 bits per heavy atom. The lowest BCUT2D eigenvalue weighted by molar-refractivity contribution is -0.120. The number of carbonyl (C=O) groups is 1. The minimum Gasteiger partial charge on any atom is -0.496 e. The standard InChI is InChI=1S/C22H23N5O5/c1-12-6-16(8-19(31-3)13(12)2)27-22(23-9-14(11-28)10-24-22)20(29)25-15-4-5-18-17(7-15)26-21(30)32-18/h4-10,23,27-28H,11H2,1-3H3,(H,25,29)(H,26,30). The maximum absolute atomic E-state index is 13.4. The summed E-state index contributed by atoms with van der Waals surface area (Å²) in [5.41, 5.74) is 4.37. The number of nitrogens with zero attached hydrogens (tertiary/aromatic N) is 1. The number of hydrogen-bond acceptors (Lipinski definition) is 8. The van der Waals surface area contributed by atoms with Crippen LogP contribution in [0.2, 0.25) is 0 Å². The van der Waals surface area contributed by atoms with E-state index >= 15 is 0 Å². The Balaban J connectivity index is 1.67. The predicted molar refractivity (Wildman–Crippen MR) is 121 cm³/mol. The summed E-state index contributed by atoms with van der Waals surface area (Å²) in [4.78, 5) is 31.7. The molecule has 0 saturated heterocycles. The molecule has 0 radical (unpaired) electrons. The lowest BCUT2D eigenvalue weighted by Crippen LogP contribution is -2.58. The third kappa shape index (κ3) is 3.95. The van der Waals surface area contributed by atoms with Crippen molar-refractivity contribution in [2.24, 2.45) is 4.99 Å². The SMILES string of the molecule is COc1cc(NC2(C(=O)Nc3ccc4oc(=O)[nH]c4c3)N=CC(CO)=CN2)cc(C)c1C. The Hall–Kier alpha value is -4.05. The number of carbonyl (C=O) groups excluding carboxylic acids is 1. The normalized spacial score (nSPS) is 17.6. The number of rotatable bonds is 6. The summed E-state index contributed by atoms with van der Waals surface area (Å²) in [6.45, 7) is 3.66. The zero-order valence-electron chi connectivity index (χ0n) is 17.8. The highest BCUT2D eigenvalue weighted by atomic mass is 16.5. The molecule has 0 aliphatic carbocycles. The molecule has 1 aromatic heterocycles. The van der Waals surface area contributed by atoms with Crippen LogP contribution in [0.4, 0.5) is 11.4 Å². The van der Waals surface area contributed by atoms with Crippen LogP contribution in [-0.4, -0.2) is 41.7 Å². The Bertz CT molecular complexity index is 1310. The van der Waals surface area contributed by atoms with Gasteiger partial charge in [-0.3, -0.25) is 9.78 Å². The van der Waals surface area contributed by atoms with Gasteiger partial charge in [0.05, 0.1) is 19.2 Å². The van der Waals surface area contributed by atoms with Crippen LogP contribution < -0.4 is 26.4 Å². The van der Waals surface area contributed by atoms with Crippen LogP contribution in [0.3, 0.4) is 0 Å². The Labute approximate surface area is 183 Å². The maximum Gasteiger partial charge on any atom is 0.417 e. The Kier molecular flexibility index (Phi) is 5.45. The van der Waals surface area contributed by atoms with Crippen LogP contribution in [0.25, 0.3) is 11.1 Å². The van der Waals surface area contributed by atoms with E-state index in [2.05, 4.69) is 25.9 Å². The van der Waals surface area contributed by atoms with Gasteiger partial charge in [-0.25, -0.2) is 9.79 Å². The number of aryl methyl sites for hydroxylation is 1. The third-order valence-corrected chi connectivity index (χ3v) is 5.24. The van der Waals surface area contributed by atoms with Crippen LogP contribution in [0.5, 0.6) is 5.75 Å². The van der Waals surface area contributed by atoms with E-state index in [9.17, 15) is 14.7 Å². The smallest absolute Gasteiger partial charge is 0.417 e. The largest absolute Gasteiger partial charge is 0.496 e. The summed E-state index contributed by atoms with van der Waals surface area (Å²) >= 11 is 0. The fraction of sp³-hybridized carbons (Fsp3) is 0.227. The van der Waals surface area contributed by atoms with Crippen molar-refractivity contribution < 1.29 is 19.1 Å². The maximum atomic E-state index is 13.4. The first kappa shape index (κ1) is 21.2. The van der Waals surface area contributed by atoms with Gasteiger partial charge in [0.1, 0.15) is 5.75 Å². The summed E-state index contributed by atoms with van der Waals surface area (Å²) in [6.07, 6.45) is 2.95. The van der Waals surface area contributed by atoms with Crippen LogP contribution >= 0.6 is 0 Å². The molecular formula is C22H23N5O5. The van der Waals surface area contributed by atoms with Crippen molar-refractivity contribution >= 4 is 34.6 Å².